The van der Waals surface area contributed by atoms with Crippen LogP contribution in [0.15, 0.2) is 64.0 Å². The summed E-state index contributed by atoms with van der Waals surface area (Å²) in [6, 6.07) is 13.3. The lowest BCUT2D eigenvalue weighted by molar-refractivity contribution is -0.122. The molecule has 0 aromatic heterocycles. The first-order chi connectivity index (χ1) is 13.3. The highest BCUT2D eigenvalue weighted by molar-refractivity contribution is 9.10. The van der Waals surface area contributed by atoms with Crippen molar-refractivity contribution in [3.63, 3.8) is 0 Å². The summed E-state index contributed by atoms with van der Waals surface area (Å²) in [6.45, 7) is 3.60. The summed E-state index contributed by atoms with van der Waals surface area (Å²) in [7, 11) is -3.94. The maximum Gasteiger partial charge on any atom is 0.252 e. The number of benzene rings is 2. The average molecular weight is 465 g/mol. The van der Waals surface area contributed by atoms with E-state index >= 15 is 0 Å². The summed E-state index contributed by atoms with van der Waals surface area (Å²) < 4.78 is 28.6. The molecule has 3 rings (SSSR count). The van der Waals surface area contributed by atoms with Crippen molar-refractivity contribution in [2.24, 2.45) is 0 Å². The topological polar surface area (TPSA) is 74.8 Å². The van der Waals surface area contributed by atoms with Crippen molar-refractivity contribution in [1.82, 2.24) is 4.31 Å². The van der Waals surface area contributed by atoms with E-state index in [1.807, 2.05) is 6.92 Å². The molecule has 1 fully saturated rings. The second-order valence-electron chi connectivity index (χ2n) is 6.67. The van der Waals surface area contributed by atoms with Crippen molar-refractivity contribution < 1.29 is 18.0 Å². The van der Waals surface area contributed by atoms with Gasteiger partial charge in [0, 0.05) is 10.5 Å². The fraction of sp³-hybridized carbons (Fsp3) is 0.300. The number of imide groups is 1. The lowest BCUT2D eigenvalue weighted by Crippen LogP contribution is -2.49. The lowest BCUT2D eigenvalue weighted by atomic mass is 10.2. The molecule has 0 N–H and O–H groups in total. The highest BCUT2D eigenvalue weighted by Crippen LogP contribution is 2.31. The molecule has 0 bridgehead atoms. The van der Waals surface area contributed by atoms with Gasteiger partial charge in [0.2, 0.25) is 15.9 Å². The van der Waals surface area contributed by atoms with Gasteiger partial charge in [-0.15, -0.1) is 0 Å². The van der Waals surface area contributed by atoms with Crippen LogP contribution in [-0.2, 0) is 19.6 Å². The third-order valence-corrected chi connectivity index (χ3v) is 7.42. The van der Waals surface area contributed by atoms with E-state index in [0.717, 1.165) is 9.37 Å². The van der Waals surface area contributed by atoms with Gasteiger partial charge in [-0.3, -0.25) is 9.59 Å². The Hall–Kier alpha value is -2.03. The Morgan fingerprint density at radius 3 is 2.29 bits per heavy atom. The quantitative estimate of drug-likeness (QED) is 0.612. The van der Waals surface area contributed by atoms with E-state index in [4.69, 9.17) is 0 Å². The minimum absolute atomic E-state index is 0.109. The van der Waals surface area contributed by atoms with Gasteiger partial charge >= 0.3 is 0 Å². The third kappa shape index (κ3) is 3.76. The van der Waals surface area contributed by atoms with Gasteiger partial charge in [0.05, 0.1) is 17.0 Å². The van der Waals surface area contributed by atoms with E-state index in [0.29, 0.717) is 12.1 Å². The van der Waals surface area contributed by atoms with Crippen LogP contribution in [0, 0.1) is 0 Å². The molecule has 1 heterocycles. The molecule has 148 valence electrons. The number of carbonyl (C=O) groups is 2. The van der Waals surface area contributed by atoms with E-state index in [1.54, 1.807) is 49.4 Å². The minimum Gasteiger partial charge on any atom is -0.274 e. The maximum atomic E-state index is 13.3. The summed E-state index contributed by atoms with van der Waals surface area (Å²) in [6.07, 6.45) is 0.341. The van der Waals surface area contributed by atoms with Crippen molar-refractivity contribution in [3.05, 3.63) is 59.1 Å². The second kappa shape index (κ2) is 8.14. The standard InChI is InChI=1S/C20H21BrN2O4S/c1-3-14(2)23(28(26,27)17-7-5-4-6-8-17)18-13-19(24)22(20(18)25)16-11-9-15(21)10-12-16/h4-12,14,18H,3,13H2,1-2H3. The number of rotatable bonds is 6. The van der Waals surface area contributed by atoms with Crippen LogP contribution in [0.2, 0.25) is 0 Å². The summed E-state index contributed by atoms with van der Waals surface area (Å²) in [4.78, 5) is 26.9. The van der Waals surface area contributed by atoms with Gasteiger partial charge in [-0.2, -0.15) is 4.31 Å². The van der Waals surface area contributed by atoms with Crippen LogP contribution in [0.1, 0.15) is 26.7 Å². The van der Waals surface area contributed by atoms with Crippen molar-refractivity contribution >= 4 is 43.5 Å². The van der Waals surface area contributed by atoms with E-state index < -0.39 is 33.9 Å². The fourth-order valence-corrected chi connectivity index (χ4v) is 5.41. The second-order valence-corrected chi connectivity index (χ2v) is 9.43. The zero-order valence-corrected chi connectivity index (χ0v) is 18.0. The molecule has 8 heteroatoms. The van der Waals surface area contributed by atoms with Crippen LogP contribution in [0.5, 0.6) is 0 Å². The highest BCUT2D eigenvalue weighted by Gasteiger charge is 2.48. The van der Waals surface area contributed by atoms with Gasteiger partial charge in [0.25, 0.3) is 5.91 Å². The Balaban J connectivity index is 2.01. The smallest absolute Gasteiger partial charge is 0.252 e. The molecule has 1 aliphatic heterocycles. The largest absolute Gasteiger partial charge is 0.274 e. The van der Waals surface area contributed by atoms with Crippen LogP contribution in [0.25, 0.3) is 0 Å². The molecule has 1 aliphatic rings. The molecule has 0 radical (unpaired) electrons. The van der Waals surface area contributed by atoms with Gasteiger partial charge in [-0.25, -0.2) is 13.3 Å². The van der Waals surface area contributed by atoms with E-state index in [9.17, 15) is 18.0 Å². The summed E-state index contributed by atoms with van der Waals surface area (Å²) in [5.74, 6) is -0.930. The molecule has 1 saturated heterocycles. The van der Waals surface area contributed by atoms with Crippen LogP contribution in [0.3, 0.4) is 0 Å². The van der Waals surface area contributed by atoms with Crippen LogP contribution in [-0.4, -0.2) is 36.6 Å². The Labute approximate surface area is 173 Å². The summed E-state index contributed by atoms with van der Waals surface area (Å²) >= 11 is 3.32. The molecule has 6 nitrogen and oxygen atoms in total. The zero-order chi connectivity index (χ0) is 20.5. The monoisotopic (exact) mass is 464 g/mol. The normalized spacial score (nSPS) is 18.7. The first kappa shape index (κ1) is 20.7. The fourth-order valence-electron chi connectivity index (χ4n) is 3.28. The lowest BCUT2D eigenvalue weighted by Gasteiger charge is -2.31. The predicted molar refractivity (Wildman–Crippen MR) is 110 cm³/mol. The van der Waals surface area contributed by atoms with Crippen molar-refractivity contribution in [1.29, 1.82) is 0 Å². The van der Waals surface area contributed by atoms with Crippen LogP contribution < -0.4 is 4.90 Å². The number of sulfonamides is 1. The van der Waals surface area contributed by atoms with Crippen molar-refractivity contribution in [2.45, 2.75) is 43.7 Å². The Morgan fingerprint density at radius 1 is 1.11 bits per heavy atom. The number of carbonyl (C=O) groups excluding carboxylic acids is 2. The van der Waals surface area contributed by atoms with Gasteiger partial charge in [-0.05, 0) is 49.7 Å². The first-order valence-corrected chi connectivity index (χ1v) is 11.2. The van der Waals surface area contributed by atoms with Crippen molar-refractivity contribution in [3.8, 4) is 0 Å². The number of nitrogens with zero attached hydrogens (tertiary/aromatic N) is 2. The van der Waals surface area contributed by atoms with Gasteiger partial charge in [0.1, 0.15) is 6.04 Å². The first-order valence-electron chi connectivity index (χ1n) is 8.98. The number of hydrogen-bond acceptors (Lipinski definition) is 4. The molecule has 0 aliphatic carbocycles. The molecular weight excluding hydrogens is 444 g/mol. The van der Waals surface area contributed by atoms with Crippen molar-refractivity contribution in [2.75, 3.05) is 4.90 Å². The molecule has 2 unspecified atom stereocenters. The zero-order valence-electron chi connectivity index (χ0n) is 15.6. The molecule has 0 spiro atoms. The SMILES string of the molecule is CCC(C)N(C1CC(=O)N(c2ccc(Br)cc2)C1=O)S(=O)(=O)c1ccccc1. The highest BCUT2D eigenvalue weighted by atomic mass is 79.9. The average Bonchev–Trinajstić information content (AvgIpc) is 2.97. The number of anilines is 1. The molecular formula is C20H21BrN2O4S. The molecule has 2 atom stereocenters. The Morgan fingerprint density at radius 2 is 1.71 bits per heavy atom. The summed E-state index contributed by atoms with van der Waals surface area (Å²) in [5, 5.41) is 0. The van der Waals surface area contributed by atoms with Crippen LogP contribution in [0.4, 0.5) is 5.69 Å². The molecule has 28 heavy (non-hydrogen) atoms. The molecule has 0 saturated carbocycles. The Kier molecular flexibility index (Phi) is 6.02. The number of halogens is 1. The summed E-state index contributed by atoms with van der Waals surface area (Å²) in [5.41, 5.74) is 0.432. The molecule has 2 amide bonds. The molecule has 2 aromatic rings. The van der Waals surface area contributed by atoms with E-state index in [1.165, 1.54) is 16.4 Å². The van der Waals surface area contributed by atoms with E-state index in [-0.39, 0.29) is 11.3 Å². The predicted octanol–water partition coefficient (Wildman–Crippen LogP) is 3.57. The van der Waals surface area contributed by atoms with E-state index in [2.05, 4.69) is 15.9 Å². The number of amides is 2. The van der Waals surface area contributed by atoms with Crippen LogP contribution >= 0.6 is 15.9 Å². The third-order valence-electron chi connectivity index (χ3n) is 4.86. The van der Waals surface area contributed by atoms with Gasteiger partial charge in [-0.1, -0.05) is 41.1 Å². The maximum absolute atomic E-state index is 13.3. The Bertz CT molecular complexity index is 977. The number of hydrogen-bond donors (Lipinski definition) is 0. The molecule has 2 aromatic carbocycles. The van der Waals surface area contributed by atoms with Gasteiger partial charge < -0.3 is 0 Å². The van der Waals surface area contributed by atoms with Gasteiger partial charge in [0.15, 0.2) is 0 Å². The minimum atomic E-state index is -3.94.